The van der Waals surface area contributed by atoms with E-state index in [2.05, 4.69) is 38.6 Å². The highest BCUT2D eigenvalue weighted by atomic mass is 16.2. The zero-order chi connectivity index (χ0) is 19.3. The standard InChI is InChI=1S/C22H25N5O/c1-2-21-25-11-14-26(21)13-7-22(28)27-12-6-19(16-27)18-5-10-24-20(15-18)17-3-8-23-9-4-17/h3-5,8-11,14-15,19H,2,6-7,12-13,16H2,1H3. The second-order valence-electron chi connectivity index (χ2n) is 7.18. The Morgan fingerprint density at radius 2 is 2.00 bits per heavy atom. The van der Waals surface area contributed by atoms with Crippen molar-refractivity contribution in [2.75, 3.05) is 13.1 Å². The molecule has 0 saturated carbocycles. The van der Waals surface area contributed by atoms with Gasteiger partial charge in [0.2, 0.25) is 5.91 Å². The molecule has 3 aromatic heterocycles. The first-order valence-electron chi connectivity index (χ1n) is 9.88. The molecular formula is C22H25N5O. The molecule has 0 radical (unpaired) electrons. The number of carbonyl (C=O) groups is 1. The zero-order valence-corrected chi connectivity index (χ0v) is 16.2. The first kappa shape index (κ1) is 18.3. The molecule has 6 nitrogen and oxygen atoms in total. The van der Waals surface area contributed by atoms with Crippen molar-refractivity contribution in [3.8, 4) is 11.3 Å². The summed E-state index contributed by atoms with van der Waals surface area (Å²) in [5.74, 6) is 1.63. The van der Waals surface area contributed by atoms with E-state index in [4.69, 9.17) is 0 Å². The maximum Gasteiger partial charge on any atom is 0.224 e. The van der Waals surface area contributed by atoms with Gasteiger partial charge in [-0.15, -0.1) is 0 Å². The summed E-state index contributed by atoms with van der Waals surface area (Å²) in [6, 6.07) is 8.16. The van der Waals surface area contributed by atoms with E-state index in [1.165, 1.54) is 5.56 Å². The predicted octanol–water partition coefficient (Wildman–Crippen LogP) is 3.31. The van der Waals surface area contributed by atoms with Crippen molar-refractivity contribution >= 4 is 5.91 Å². The van der Waals surface area contributed by atoms with Crippen molar-refractivity contribution in [1.29, 1.82) is 0 Å². The molecule has 0 N–H and O–H groups in total. The van der Waals surface area contributed by atoms with Crippen molar-refractivity contribution in [3.63, 3.8) is 0 Å². The van der Waals surface area contributed by atoms with Gasteiger partial charge in [0.05, 0.1) is 5.69 Å². The smallest absolute Gasteiger partial charge is 0.224 e. The topological polar surface area (TPSA) is 63.9 Å². The van der Waals surface area contributed by atoms with Crippen LogP contribution in [-0.2, 0) is 17.8 Å². The summed E-state index contributed by atoms with van der Waals surface area (Å²) in [7, 11) is 0. The van der Waals surface area contributed by atoms with Gasteiger partial charge in [-0.25, -0.2) is 4.98 Å². The van der Waals surface area contributed by atoms with Crippen LogP contribution in [0.25, 0.3) is 11.3 Å². The highest BCUT2D eigenvalue weighted by molar-refractivity contribution is 5.76. The zero-order valence-electron chi connectivity index (χ0n) is 16.2. The van der Waals surface area contributed by atoms with Crippen LogP contribution in [0.3, 0.4) is 0 Å². The Balaban J connectivity index is 1.38. The van der Waals surface area contributed by atoms with E-state index >= 15 is 0 Å². The van der Waals surface area contributed by atoms with Gasteiger partial charge in [-0.05, 0) is 36.2 Å². The van der Waals surface area contributed by atoms with Crippen LogP contribution in [0.15, 0.2) is 55.2 Å². The molecule has 0 bridgehead atoms. The number of aromatic nitrogens is 4. The van der Waals surface area contributed by atoms with Gasteiger partial charge in [0.1, 0.15) is 5.82 Å². The minimum Gasteiger partial charge on any atom is -0.342 e. The van der Waals surface area contributed by atoms with Crippen LogP contribution in [0, 0.1) is 0 Å². The number of rotatable bonds is 6. The molecule has 1 aliphatic heterocycles. The lowest BCUT2D eigenvalue weighted by atomic mass is 9.97. The minimum absolute atomic E-state index is 0.224. The molecule has 4 heterocycles. The van der Waals surface area contributed by atoms with Crippen LogP contribution in [0.5, 0.6) is 0 Å². The first-order chi connectivity index (χ1) is 13.7. The van der Waals surface area contributed by atoms with Crippen molar-refractivity contribution in [3.05, 3.63) is 66.6 Å². The second-order valence-corrected chi connectivity index (χ2v) is 7.18. The third-order valence-electron chi connectivity index (χ3n) is 5.46. The van der Waals surface area contributed by atoms with E-state index in [1.807, 2.05) is 29.4 Å². The molecule has 1 aliphatic rings. The summed E-state index contributed by atoms with van der Waals surface area (Å²) >= 11 is 0. The van der Waals surface area contributed by atoms with E-state index in [0.717, 1.165) is 43.0 Å². The number of imidazole rings is 1. The number of nitrogens with zero attached hydrogens (tertiary/aromatic N) is 5. The van der Waals surface area contributed by atoms with E-state index in [0.29, 0.717) is 18.9 Å². The van der Waals surface area contributed by atoms with Crippen LogP contribution in [0.1, 0.15) is 37.1 Å². The molecule has 1 saturated heterocycles. The first-order valence-corrected chi connectivity index (χ1v) is 9.88. The summed E-state index contributed by atoms with van der Waals surface area (Å²) in [5, 5.41) is 0. The number of pyridine rings is 2. The summed E-state index contributed by atoms with van der Waals surface area (Å²) in [6.45, 7) is 4.38. The second kappa shape index (κ2) is 8.33. The average molecular weight is 375 g/mol. The monoisotopic (exact) mass is 375 g/mol. The van der Waals surface area contributed by atoms with E-state index in [1.54, 1.807) is 18.6 Å². The fourth-order valence-corrected chi connectivity index (χ4v) is 3.87. The van der Waals surface area contributed by atoms with Crippen LogP contribution >= 0.6 is 0 Å². The molecule has 28 heavy (non-hydrogen) atoms. The molecule has 144 valence electrons. The molecule has 1 unspecified atom stereocenters. The van der Waals surface area contributed by atoms with Gasteiger partial charge >= 0.3 is 0 Å². The highest BCUT2D eigenvalue weighted by Gasteiger charge is 2.27. The van der Waals surface area contributed by atoms with Gasteiger partial charge in [0.15, 0.2) is 0 Å². The Bertz CT molecular complexity index is 937. The Kier molecular flexibility index (Phi) is 5.46. The molecule has 6 heteroatoms. The summed E-state index contributed by atoms with van der Waals surface area (Å²) < 4.78 is 2.08. The van der Waals surface area contributed by atoms with E-state index in [-0.39, 0.29) is 5.91 Å². The molecule has 0 aliphatic carbocycles. The van der Waals surface area contributed by atoms with Crippen LogP contribution in [0.2, 0.25) is 0 Å². The lowest BCUT2D eigenvalue weighted by Gasteiger charge is -2.17. The number of hydrogen-bond donors (Lipinski definition) is 0. The largest absolute Gasteiger partial charge is 0.342 e. The van der Waals surface area contributed by atoms with Crippen LogP contribution < -0.4 is 0 Å². The van der Waals surface area contributed by atoms with Crippen molar-refractivity contribution < 1.29 is 4.79 Å². The number of carbonyl (C=O) groups excluding carboxylic acids is 1. The molecule has 0 spiro atoms. The van der Waals surface area contributed by atoms with Gasteiger partial charge < -0.3 is 9.47 Å². The maximum absolute atomic E-state index is 12.7. The van der Waals surface area contributed by atoms with E-state index in [9.17, 15) is 4.79 Å². The summed E-state index contributed by atoms with van der Waals surface area (Å²) in [5.41, 5.74) is 3.27. The van der Waals surface area contributed by atoms with Crippen molar-refractivity contribution in [2.45, 2.75) is 38.6 Å². The quantitative estimate of drug-likeness (QED) is 0.663. The third kappa shape index (κ3) is 3.96. The molecule has 4 rings (SSSR count). The number of likely N-dealkylation sites (tertiary alicyclic amines) is 1. The molecule has 3 aromatic rings. The average Bonchev–Trinajstić information content (AvgIpc) is 3.42. The van der Waals surface area contributed by atoms with Gasteiger partial charge in [-0.2, -0.15) is 0 Å². The molecule has 1 amide bonds. The normalized spacial score (nSPS) is 16.5. The molecule has 1 atom stereocenters. The highest BCUT2D eigenvalue weighted by Crippen LogP contribution is 2.29. The minimum atomic E-state index is 0.224. The fourth-order valence-electron chi connectivity index (χ4n) is 3.87. The fraction of sp³-hybridized carbons (Fsp3) is 0.364. The number of hydrogen-bond acceptors (Lipinski definition) is 4. The number of amides is 1. The molecular weight excluding hydrogens is 350 g/mol. The van der Waals surface area contributed by atoms with Crippen LogP contribution in [-0.4, -0.2) is 43.4 Å². The number of aryl methyl sites for hydroxylation is 2. The Morgan fingerprint density at radius 1 is 1.14 bits per heavy atom. The van der Waals surface area contributed by atoms with Crippen molar-refractivity contribution in [2.24, 2.45) is 0 Å². The molecule has 1 fully saturated rings. The third-order valence-corrected chi connectivity index (χ3v) is 5.46. The SMILES string of the molecule is CCc1nccn1CCC(=O)N1CCC(c2ccnc(-c3ccncc3)c2)C1. The van der Waals surface area contributed by atoms with Gasteiger partial charge in [-0.3, -0.25) is 14.8 Å². The Labute approximate surface area is 165 Å². The molecule has 0 aromatic carbocycles. The van der Waals surface area contributed by atoms with Crippen LogP contribution in [0.4, 0.5) is 0 Å². The predicted molar refractivity (Wildman–Crippen MR) is 108 cm³/mol. The lowest BCUT2D eigenvalue weighted by molar-refractivity contribution is -0.130. The lowest BCUT2D eigenvalue weighted by Crippen LogP contribution is -2.29. The van der Waals surface area contributed by atoms with Gasteiger partial charge in [-0.1, -0.05) is 6.92 Å². The summed E-state index contributed by atoms with van der Waals surface area (Å²) in [4.78, 5) is 27.6. The summed E-state index contributed by atoms with van der Waals surface area (Å²) in [6.07, 6.45) is 11.6. The Morgan fingerprint density at radius 3 is 2.82 bits per heavy atom. The maximum atomic E-state index is 12.7. The Hall–Kier alpha value is -3.02. The van der Waals surface area contributed by atoms with Gasteiger partial charge in [0, 0.05) is 74.9 Å². The van der Waals surface area contributed by atoms with E-state index < -0.39 is 0 Å². The van der Waals surface area contributed by atoms with Crippen molar-refractivity contribution in [1.82, 2.24) is 24.4 Å². The van der Waals surface area contributed by atoms with Gasteiger partial charge in [0.25, 0.3) is 0 Å².